The van der Waals surface area contributed by atoms with Crippen molar-refractivity contribution in [3.63, 3.8) is 0 Å². The van der Waals surface area contributed by atoms with Gasteiger partial charge in [0.15, 0.2) is 5.78 Å². The maximum Gasteiger partial charge on any atom is 0.330 e. The minimum atomic E-state index is -0.964. The van der Waals surface area contributed by atoms with E-state index in [0.29, 0.717) is 22.3 Å². The maximum atomic E-state index is 12.7. The van der Waals surface area contributed by atoms with Gasteiger partial charge in [0.05, 0.1) is 12.0 Å². The number of carbonyl (C=O) groups is 2. The Kier molecular flexibility index (Phi) is 7.09. The summed E-state index contributed by atoms with van der Waals surface area (Å²) in [7, 11) is 0. The van der Waals surface area contributed by atoms with Crippen molar-refractivity contribution < 1.29 is 24.2 Å². The molecule has 1 aromatic heterocycles. The number of ketones is 1. The molecule has 0 amide bonds. The number of aromatic nitrogens is 2. The SMILES string of the molecule is Cc1cn([C@H]2CC(O)[C@@H](COC(=O)C(C)c3cccc(C(=O)c4ccccc4)c3)O2)c(=O)[nH]c1=O. The number of aliphatic hydroxyl groups excluding tert-OH is 1. The molecule has 4 atom stereocenters. The van der Waals surface area contributed by atoms with Crippen LogP contribution in [0.4, 0.5) is 0 Å². The first-order valence-electron chi connectivity index (χ1n) is 11.3. The molecular formula is C26H26N2O7. The molecule has 35 heavy (non-hydrogen) atoms. The molecule has 1 aliphatic rings. The van der Waals surface area contributed by atoms with Crippen molar-refractivity contribution in [1.82, 2.24) is 9.55 Å². The molecule has 1 saturated heterocycles. The number of hydrogen-bond acceptors (Lipinski definition) is 7. The van der Waals surface area contributed by atoms with E-state index in [1.165, 1.54) is 10.8 Å². The number of nitrogens with zero attached hydrogens (tertiary/aromatic N) is 1. The number of aromatic amines is 1. The van der Waals surface area contributed by atoms with Gasteiger partial charge in [-0.1, -0.05) is 48.5 Å². The van der Waals surface area contributed by atoms with E-state index >= 15 is 0 Å². The molecule has 2 unspecified atom stereocenters. The van der Waals surface area contributed by atoms with Crippen LogP contribution in [0, 0.1) is 6.92 Å². The Morgan fingerprint density at radius 2 is 1.86 bits per heavy atom. The van der Waals surface area contributed by atoms with Crippen molar-refractivity contribution in [2.75, 3.05) is 6.61 Å². The average molecular weight is 479 g/mol. The quantitative estimate of drug-likeness (QED) is 0.393. The normalized spacial score (nSPS) is 20.4. The second-order valence-electron chi connectivity index (χ2n) is 8.58. The lowest BCUT2D eigenvalue weighted by atomic mass is 9.96. The fraction of sp³-hybridized carbons (Fsp3) is 0.308. The number of aliphatic hydroxyl groups is 1. The molecular weight excluding hydrogens is 452 g/mol. The smallest absolute Gasteiger partial charge is 0.330 e. The summed E-state index contributed by atoms with van der Waals surface area (Å²) in [5, 5.41) is 10.4. The van der Waals surface area contributed by atoms with Crippen LogP contribution in [0.3, 0.4) is 0 Å². The van der Waals surface area contributed by atoms with Gasteiger partial charge in [-0.05, 0) is 25.5 Å². The first kappa shape index (κ1) is 24.3. The van der Waals surface area contributed by atoms with E-state index in [0.717, 1.165) is 0 Å². The van der Waals surface area contributed by atoms with Crippen molar-refractivity contribution in [3.05, 3.63) is 104 Å². The van der Waals surface area contributed by atoms with Gasteiger partial charge in [0.2, 0.25) is 0 Å². The summed E-state index contributed by atoms with van der Waals surface area (Å²) in [6.07, 6.45) is -1.11. The summed E-state index contributed by atoms with van der Waals surface area (Å²) in [5.41, 5.74) is 0.843. The second-order valence-corrected chi connectivity index (χ2v) is 8.58. The highest BCUT2D eigenvalue weighted by Crippen LogP contribution is 2.28. The number of benzene rings is 2. The van der Waals surface area contributed by atoms with Crippen LogP contribution >= 0.6 is 0 Å². The van der Waals surface area contributed by atoms with E-state index in [9.17, 15) is 24.3 Å². The fourth-order valence-electron chi connectivity index (χ4n) is 3.97. The third-order valence-corrected chi connectivity index (χ3v) is 6.09. The Bertz CT molecular complexity index is 1350. The van der Waals surface area contributed by atoms with Crippen molar-refractivity contribution in [3.8, 4) is 0 Å². The number of aryl methyl sites for hydroxylation is 1. The van der Waals surface area contributed by atoms with Crippen LogP contribution in [-0.4, -0.2) is 45.2 Å². The standard InChI is InChI=1S/C26H26N2O7/c1-15-13-28(26(33)27-24(15)31)22-12-20(29)21(35-22)14-34-25(32)16(2)18-9-6-10-19(11-18)23(30)17-7-4-3-5-8-17/h3-11,13,16,20-22,29H,12,14H2,1-2H3,(H,27,31,33)/t16?,20?,21-,22-/m1/s1. The van der Waals surface area contributed by atoms with Crippen LogP contribution in [0.1, 0.15) is 52.5 Å². The Labute approximate surface area is 201 Å². The van der Waals surface area contributed by atoms with Crippen LogP contribution in [0.15, 0.2) is 70.4 Å². The van der Waals surface area contributed by atoms with Gasteiger partial charge >= 0.3 is 11.7 Å². The molecule has 182 valence electrons. The van der Waals surface area contributed by atoms with Crippen LogP contribution in [0.2, 0.25) is 0 Å². The van der Waals surface area contributed by atoms with Crippen LogP contribution in [0.25, 0.3) is 0 Å². The topological polar surface area (TPSA) is 128 Å². The van der Waals surface area contributed by atoms with Gasteiger partial charge in [-0.2, -0.15) is 0 Å². The maximum absolute atomic E-state index is 12.7. The molecule has 0 radical (unpaired) electrons. The van der Waals surface area contributed by atoms with Crippen molar-refractivity contribution in [2.24, 2.45) is 0 Å². The monoisotopic (exact) mass is 478 g/mol. The number of ether oxygens (including phenoxy) is 2. The zero-order valence-corrected chi connectivity index (χ0v) is 19.3. The first-order valence-corrected chi connectivity index (χ1v) is 11.3. The van der Waals surface area contributed by atoms with Gasteiger partial charge in [0.1, 0.15) is 18.9 Å². The van der Waals surface area contributed by atoms with Crippen molar-refractivity contribution in [2.45, 2.75) is 44.6 Å². The third-order valence-electron chi connectivity index (χ3n) is 6.09. The first-order chi connectivity index (χ1) is 16.7. The van der Waals surface area contributed by atoms with E-state index in [4.69, 9.17) is 9.47 Å². The molecule has 2 aromatic carbocycles. The predicted molar refractivity (Wildman–Crippen MR) is 126 cm³/mol. The number of hydrogen-bond donors (Lipinski definition) is 2. The van der Waals surface area contributed by atoms with Crippen molar-refractivity contribution >= 4 is 11.8 Å². The second kappa shape index (κ2) is 10.2. The molecule has 1 aliphatic heterocycles. The third kappa shape index (κ3) is 5.31. The highest BCUT2D eigenvalue weighted by molar-refractivity contribution is 6.09. The summed E-state index contributed by atoms with van der Waals surface area (Å²) >= 11 is 0. The molecule has 2 N–H and O–H groups in total. The van der Waals surface area contributed by atoms with E-state index in [2.05, 4.69) is 4.98 Å². The number of rotatable bonds is 7. The summed E-state index contributed by atoms with van der Waals surface area (Å²) < 4.78 is 12.3. The Morgan fingerprint density at radius 1 is 1.14 bits per heavy atom. The van der Waals surface area contributed by atoms with Crippen LogP contribution < -0.4 is 11.2 Å². The lowest BCUT2D eigenvalue weighted by molar-refractivity contribution is -0.151. The van der Waals surface area contributed by atoms with E-state index < -0.39 is 41.6 Å². The molecule has 9 heteroatoms. The lowest BCUT2D eigenvalue weighted by Crippen LogP contribution is -2.33. The predicted octanol–water partition coefficient (Wildman–Crippen LogP) is 2.07. The minimum absolute atomic E-state index is 0.104. The molecule has 0 bridgehead atoms. The number of H-pyrrole nitrogens is 1. The summed E-state index contributed by atoms with van der Waals surface area (Å²) in [4.78, 5) is 51.3. The van der Waals surface area contributed by atoms with Gasteiger partial charge in [0, 0.05) is 29.3 Å². The molecule has 3 aromatic rings. The van der Waals surface area contributed by atoms with Gasteiger partial charge < -0.3 is 14.6 Å². The number of esters is 1. The van der Waals surface area contributed by atoms with Crippen LogP contribution in [-0.2, 0) is 14.3 Å². The highest BCUT2D eigenvalue weighted by atomic mass is 16.6. The fourth-order valence-corrected chi connectivity index (χ4v) is 3.97. The van der Waals surface area contributed by atoms with Gasteiger partial charge in [-0.25, -0.2) is 4.79 Å². The number of nitrogens with one attached hydrogen (secondary N) is 1. The zero-order valence-electron chi connectivity index (χ0n) is 19.3. The van der Waals surface area contributed by atoms with Crippen molar-refractivity contribution in [1.29, 1.82) is 0 Å². The highest BCUT2D eigenvalue weighted by Gasteiger charge is 2.36. The largest absolute Gasteiger partial charge is 0.462 e. The van der Waals surface area contributed by atoms with Gasteiger partial charge in [-0.3, -0.25) is 23.9 Å². The molecule has 0 aliphatic carbocycles. The zero-order chi connectivity index (χ0) is 25.1. The molecule has 1 fully saturated rings. The van der Waals surface area contributed by atoms with Gasteiger partial charge in [0.25, 0.3) is 5.56 Å². The lowest BCUT2D eigenvalue weighted by Gasteiger charge is -2.18. The minimum Gasteiger partial charge on any atom is -0.462 e. The summed E-state index contributed by atoms with van der Waals surface area (Å²) in [6, 6.07) is 15.7. The van der Waals surface area contributed by atoms with E-state index in [-0.39, 0.29) is 18.8 Å². The van der Waals surface area contributed by atoms with Gasteiger partial charge in [-0.15, -0.1) is 0 Å². The van der Waals surface area contributed by atoms with E-state index in [1.54, 1.807) is 62.4 Å². The summed E-state index contributed by atoms with van der Waals surface area (Å²) in [6.45, 7) is 3.02. The molecule has 0 saturated carbocycles. The average Bonchev–Trinajstić information content (AvgIpc) is 3.24. The number of carbonyl (C=O) groups excluding carboxylic acids is 2. The Balaban J connectivity index is 1.39. The Hall–Kier alpha value is -3.82. The molecule has 0 spiro atoms. The Morgan fingerprint density at radius 3 is 2.60 bits per heavy atom. The summed E-state index contributed by atoms with van der Waals surface area (Å²) in [5.74, 6) is -1.34. The van der Waals surface area contributed by atoms with Crippen LogP contribution in [0.5, 0.6) is 0 Å². The molecule has 4 rings (SSSR count). The molecule has 9 nitrogen and oxygen atoms in total. The van der Waals surface area contributed by atoms with E-state index in [1.807, 2.05) is 6.07 Å². The molecule has 2 heterocycles.